The predicted octanol–water partition coefficient (Wildman–Crippen LogP) is 2.04. The van der Waals surface area contributed by atoms with E-state index < -0.39 is 0 Å². The van der Waals surface area contributed by atoms with E-state index in [2.05, 4.69) is 22.9 Å². The molecule has 3 rings (SSSR count). The molecule has 0 aliphatic carbocycles. The fourth-order valence-electron chi connectivity index (χ4n) is 2.75. The molecule has 0 fully saturated rings. The Labute approximate surface area is 119 Å². The zero-order valence-electron chi connectivity index (χ0n) is 11.7. The molecular weight excluding hydrogens is 252 g/mol. The number of imidazole rings is 1. The average molecular weight is 272 g/mol. The first-order valence-corrected chi connectivity index (χ1v) is 7.07. The minimum absolute atomic E-state index is 0.265. The van der Waals surface area contributed by atoms with E-state index in [1.165, 1.54) is 5.56 Å². The van der Waals surface area contributed by atoms with Gasteiger partial charge in [-0.25, -0.2) is 4.98 Å². The summed E-state index contributed by atoms with van der Waals surface area (Å²) in [6.45, 7) is 1.23. The summed E-state index contributed by atoms with van der Waals surface area (Å²) in [7, 11) is 1.68. The molecule has 0 amide bonds. The summed E-state index contributed by atoms with van der Waals surface area (Å²) in [6.07, 6.45) is 4.92. The second-order valence-corrected chi connectivity index (χ2v) is 5.41. The molecule has 0 radical (unpaired) electrons. The van der Waals surface area contributed by atoms with Crippen molar-refractivity contribution >= 4 is 0 Å². The van der Waals surface area contributed by atoms with Gasteiger partial charge in [-0.3, -0.25) is 0 Å². The summed E-state index contributed by atoms with van der Waals surface area (Å²) in [5.41, 5.74) is 2.34. The summed E-state index contributed by atoms with van der Waals surface area (Å²) >= 11 is 0. The van der Waals surface area contributed by atoms with Crippen LogP contribution in [-0.2, 0) is 19.4 Å². The highest BCUT2D eigenvalue weighted by molar-refractivity contribution is 5.29. The molecule has 4 heteroatoms. The van der Waals surface area contributed by atoms with Crippen LogP contribution in [0.5, 0.6) is 5.75 Å². The van der Waals surface area contributed by atoms with Crippen LogP contribution in [0, 0.1) is 5.92 Å². The highest BCUT2D eigenvalue weighted by atomic mass is 16.5. The Morgan fingerprint density at radius 3 is 2.85 bits per heavy atom. The third kappa shape index (κ3) is 2.70. The van der Waals surface area contributed by atoms with Gasteiger partial charge in [0.25, 0.3) is 0 Å². The zero-order chi connectivity index (χ0) is 13.9. The molecule has 1 atom stereocenters. The van der Waals surface area contributed by atoms with E-state index in [4.69, 9.17) is 9.72 Å². The number of aliphatic hydroxyl groups is 1. The summed E-state index contributed by atoms with van der Waals surface area (Å²) < 4.78 is 7.39. The molecule has 0 bridgehead atoms. The summed E-state index contributed by atoms with van der Waals surface area (Å²) in [5.74, 6) is 2.36. The van der Waals surface area contributed by atoms with Crippen molar-refractivity contribution < 1.29 is 9.84 Å². The van der Waals surface area contributed by atoms with Crippen molar-refractivity contribution in [1.82, 2.24) is 9.55 Å². The van der Waals surface area contributed by atoms with E-state index in [9.17, 15) is 5.11 Å². The zero-order valence-corrected chi connectivity index (χ0v) is 11.7. The van der Waals surface area contributed by atoms with Gasteiger partial charge in [0.2, 0.25) is 0 Å². The number of ether oxygens (including phenoxy) is 1. The smallest absolute Gasteiger partial charge is 0.118 e. The van der Waals surface area contributed by atoms with Crippen LogP contribution in [0.3, 0.4) is 0 Å². The van der Waals surface area contributed by atoms with Crippen LogP contribution in [0.25, 0.3) is 0 Å². The minimum Gasteiger partial charge on any atom is -0.497 e. The first-order chi connectivity index (χ1) is 9.78. The Hall–Kier alpha value is -1.81. The second-order valence-electron chi connectivity index (χ2n) is 5.41. The second kappa shape index (κ2) is 5.67. The maximum absolute atomic E-state index is 9.26. The van der Waals surface area contributed by atoms with Gasteiger partial charge in [-0.1, -0.05) is 12.1 Å². The Balaban J connectivity index is 1.73. The van der Waals surface area contributed by atoms with Crippen LogP contribution < -0.4 is 4.74 Å². The lowest BCUT2D eigenvalue weighted by Crippen LogP contribution is -2.21. The monoisotopic (exact) mass is 272 g/mol. The Morgan fingerprint density at radius 1 is 1.35 bits per heavy atom. The van der Waals surface area contributed by atoms with E-state index >= 15 is 0 Å². The number of aliphatic hydroxyl groups excluding tert-OH is 1. The standard InChI is InChI=1S/C16H20N2O2/c1-20-15-4-2-12(3-5-15)8-14-10-18-7-6-13(11-19)9-16(18)17-14/h2-5,10,13,19H,6-9,11H2,1H3. The molecular formula is C16H20N2O2. The van der Waals surface area contributed by atoms with Gasteiger partial charge in [-0.15, -0.1) is 0 Å². The highest BCUT2D eigenvalue weighted by Crippen LogP contribution is 2.21. The van der Waals surface area contributed by atoms with Crippen molar-refractivity contribution in [2.24, 2.45) is 5.92 Å². The normalized spacial score (nSPS) is 17.8. The number of aryl methyl sites for hydroxylation is 1. The number of aromatic nitrogens is 2. The van der Waals surface area contributed by atoms with E-state index in [0.717, 1.165) is 43.1 Å². The maximum atomic E-state index is 9.26. The lowest BCUT2D eigenvalue weighted by molar-refractivity contribution is 0.199. The number of fused-ring (bicyclic) bond motifs is 1. The van der Waals surface area contributed by atoms with Crippen LogP contribution in [0.4, 0.5) is 0 Å². The van der Waals surface area contributed by atoms with E-state index in [1.807, 2.05) is 12.1 Å². The van der Waals surface area contributed by atoms with Crippen LogP contribution >= 0.6 is 0 Å². The molecule has 1 aliphatic rings. The van der Waals surface area contributed by atoms with Crippen LogP contribution in [0.1, 0.15) is 23.5 Å². The SMILES string of the molecule is COc1ccc(Cc2cn3c(n2)CC(CO)CC3)cc1. The average Bonchev–Trinajstić information content (AvgIpc) is 2.89. The van der Waals surface area contributed by atoms with Gasteiger partial charge < -0.3 is 14.4 Å². The molecule has 0 saturated heterocycles. The summed E-state index contributed by atoms with van der Waals surface area (Å²) in [6, 6.07) is 8.11. The van der Waals surface area contributed by atoms with Crippen LogP contribution in [-0.4, -0.2) is 28.4 Å². The fraction of sp³-hybridized carbons (Fsp3) is 0.438. The van der Waals surface area contributed by atoms with E-state index in [0.29, 0.717) is 5.92 Å². The van der Waals surface area contributed by atoms with E-state index in [1.54, 1.807) is 7.11 Å². The van der Waals surface area contributed by atoms with Gasteiger partial charge >= 0.3 is 0 Å². The first-order valence-electron chi connectivity index (χ1n) is 7.07. The van der Waals surface area contributed by atoms with Gasteiger partial charge in [-0.2, -0.15) is 0 Å². The van der Waals surface area contributed by atoms with Crippen molar-refractivity contribution in [3.63, 3.8) is 0 Å². The Kier molecular flexibility index (Phi) is 3.74. The first kappa shape index (κ1) is 13.2. The molecule has 2 heterocycles. The molecule has 2 aromatic rings. The fourth-order valence-corrected chi connectivity index (χ4v) is 2.75. The van der Waals surface area contributed by atoms with Gasteiger partial charge in [0.15, 0.2) is 0 Å². The Morgan fingerprint density at radius 2 is 2.15 bits per heavy atom. The van der Waals surface area contributed by atoms with Crippen molar-refractivity contribution in [2.75, 3.05) is 13.7 Å². The highest BCUT2D eigenvalue weighted by Gasteiger charge is 2.19. The number of methoxy groups -OCH3 is 1. The minimum atomic E-state index is 0.265. The molecule has 1 aromatic carbocycles. The molecule has 1 aromatic heterocycles. The van der Waals surface area contributed by atoms with Crippen molar-refractivity contribution in [3.8, 4) is 5.75 Å². The molecule has 106 valence electrons. The third-order valence-corrected chi connectivity index (χ3v) is 3.96. The van der Waals surface area contributed by atoms with Crippen molar-refractivity contribution in [3.05, 3.63) is 47.5 Å². The maximum Gasteiger partial charge on any atom is 0.118 e. The lowest BCUT2D eigenvalue weighted by atomic mass is 9.99. The number of hydrogen-bond donors (Lipinski definition) is 1. The quantitative estimate of drug-likeness (QED) is 0.926. The molecule has 20 heavy (non-hydrogen) atoms. The third-order valence-electron chi connectivity index (χ3n) is 3.96. The molecule has 1 unspecified atom stereocenters. The number of rotatable bonds is 4. The van der Waals surface area contributed by atoms with Gasteiger partial charge in [0.1, 0.15) is 11.6 Å². The Bertz CT molecular complexity index is 575. The number of benzene rings is 1. The largest absolute Gasteiger partial charge is 0.497 e. The van der Waals surface area contributed by atoms with Crippen molar-refractivity contribution in [1.29, 1.82) is 0 Å². The molecule has 1 N–H and O–H groups in total. The molecule has 0 saturated carbocycles. The number of hydrogen-bond acceptors (Lipinski definition) is 3. The van der Waals surface area contributed by atoms with E-state index in [-0.39, 0.29) is 6.61 Å². The summed E-state index contributed by atoms with van der Waals surface area (Å²) in [5, 5.41) is 9.26. The molecule has 0 spiro atoms. The molecule has 1 aliphatic heterocycles. The van der Waals surface area contributed by atoms with Gasteiger partial charge in [-0.05, 0) is 30.0 Å². The van der Waals surface area contributed by atoms with Crippen LogP contribution in [0.15, 0.2) is 30.5 Å². The summed E-state index contributed by atoms with van der Waals surface area (Å²) in [4.78, 5) is 4.71. The van der Waals surface area contributed by atoms with Crippen LogP contribution in [0.2, 0.25) is 0 Å². The number of nitrogens with zero attached hydrogens (tertiary/aromatic N) is 2. The molecule has 4 nitrogen and oxygen atoms in total. The predicted molar refractivity (Wildman–Crippen MR) is 76.9 cm³/mol. The topological polar surface area (TPSA) is 47.3 Å². The lowest BCUT2D eigenvalue weighted by Gasteiger charge is -2.20. The van der Waals surface area contributed by atoms with Gasteiger partial charge in [0, 0.05) is 32.2 Å². The van der Waals surface area contributed by atoms with Crippen molar-refractivity contribution in [2.45, 2.75) is 25.8 Å². The van der Waals surface area contributed by atoms with Gasteiger partial charge in [0.05, 0.1) is 12.8 Å².